The molecule has 2 N–H and O–H groups in total. The van der Waals surface area contributed by atoms with Gasteiger partial charge in [0.1, 0.15) is 16.5 Å². The molecule has 6 heteroatoms. The summed E-state index contributed by atoms with van der Waals surface area (Å²) in [6.45, 7) is 1.38. The number of benzene rings is 1. The van der Waals surface area contributed by atoms with Crippen molar-refractivity contribution >= 4 is 17.2 Å². The van der Waals surface area contributed by atoms with Gasteiger partial charge in [-0.1, -0.05) is 12.1 Å². The van der Waals surface area contributed by atoms with Crippen LogP contribution in [0.25, 0.3) is 0 Å². The highest BCUT2D eigenvalue weighted by Gasteiger charge is 2.20. The Bertz CT molecular complexity index is 620. The zero-order chi connectivity index (χ0) is 14.7. The van der Waals surface area contributed by atoms with E-state index in [-0.39, 0.29) is 17.8 Å². The van der Waals surface area contributed by atoms with Crippen LogP contribution >= 0.6 is 11.3 Å². The fourth-order valence-corrected chi connectivity index (χ4v) is 3.23. The summed E-state index contributed by atoms with van der Waals surface area (Å²) in [6, 6.07) is 6.37. The Morgan fingerprint density at radius 2 is 2.24 bits per heavy atom. The largest absolute Gasteiger partial charge is 0.347 e. The molecule has 1 aliphatic heterocycles. The summed E-state index contributed by atoms with van der Waals surface area (Å²) in [5.41, 5.74) is 1.31. The minimum absolute atomic E-state index is 0.195. The van der Waals surface area contributed by atoms with Crippen LogP contribution in [0.15, 0.2) is 29.6 Å². The topological polar surface area (TPSA) is 54.0 Å². The van der Waals surface area contributed by atoms with Crippen molar-refractivity contribution in [3.63, 3.8) is 0 Å². The van der Waals surface area contributed by atoms with Crippen LogP contribution in [0, 0.1) is 5.82 Å². The zero-order valence-electron chi connectivity index (χ0n) is 11.4. The molecule has 1 aromatic heterocycles. The average molecular weight is 305 g/mol. The van der Waals surface area contributed by atoms with Crippen LogP contribution in [-0.2, 0) is 6.54 Å². The van der Waals surface area contributed by atoms with Crippen LogP contribution < -0.4 is 10.6 Å². The SMILES string of the molecule is O=C(NCc1ccc(F)cc1)c1csc(C2CCCN2)n1. The molecule has 3 rings (SSSR count). The van der Waals surface area contributed by atoms with Gasteiger partial charge in [0.15, 0.2) is 0 Å². The van der Waals surface area contributed by atoms with E-state index in [1.165, 1.54) is 23.5 Å². The lowest BCUT2D eigenvalue weighted by Crippen LogP contribution is -2.23. The van der Waals surface area contributed by atoms with Gasteiger partial charge in [-0.25, -0.2) is 9.37 Å². The average Bonchev–Trinajstić information content (AvgIpc) is 3.17. The Morgan fingerprint density at radius 1 is 1.43 bits per heavy atom. The summed E-state index contributed by atoms with van der Waals surface area (Å²) < 4.78 is 12.8. The van der Waals surface area contributed by atoms with Crippen molar-refractivity contribution in [3.05, 3.63) is 51.7 Å². The van der Waals surface area contributed by atoms with Crippen LogP contribution in [0.4, 0.5) is 4.39 Å². The molecule has 1 fully saturated rings. The van der Waals surface area contributed by atoms with Crippen molar-refractivity contribution in [1.29, 1.82) is 0 Å². The number of rotatable bonds is 4. The van der Waals surface area contributed by atoms with E-state index in [1.54, 1.807) is 17.5 Å². The van der Waals surface area contributed by atoms with E-state index in [4.69, 9.17) is 0 Å². The number of carbonyl (C=O) groups is 1. The molecular weight excluding hydrogens is 289 g/mol. The lowest BCUT2D eigenvalue weighted by molar-refractivity contribution is 0.0946. The molecule has 1 saturated heterocycles. The second-order valence-electron chi connectivity index (χ2n) is 5.03. The number of thiazole rings is 1. The van der Waals surface area contributed by atoms with E-state index in [0.717, 1.165) is 30.0 Å². The Balaban J connectivity index is 1.59. The van der Waals surface area contributed by atoms with Gasteiger partial charge in [0.2, 0.25) is 0 Å². The predicted molar refractivity (Wildman–Crippen MR) is 79.7 cm³/mol. The number of halogens is 1. The van der Waals surface area contributed by atoms with Crippen molar-refractivity contribution < 1.29 is 9.18 Å². The zero-order valence-corrected chi connectivity index (χ0v) is 12.3. The molecule has 1 unspecified atom stereocenters. The highest BCUT2D eigenvalue weighted by Crippen LogP contribution is 2.25. The van der Waals surface area contributed by atoms with E-state index >= 15 is 0 Å². The van der Waals surface area contributed by atoms with Crippen LogP contribution in [0.1, 0.15) is 39.9 Å². The molecule has 0 aliphatic carbocycles. The third kappa shape index (κ3) is 3.46. The van der Waals surface area contributed by atoms with Gasteiger partial charge in [-0.2, -0.15) is 0 Å². The summed E-state index contributed by atoms with van der Waals surface area (Å²) in [4.78, 5) is 16.5. The number of nitrogens with one attached hydrogen (secondary N) is 2. The monoisotopic (exact) mass is 305 g/mol. The lowest BCUT2D eigenvalue weighted by atomic mass is 10.2. The van der Waals surface area contributed by atoms with Crippen LogP contribution in [0.3, 0.4) is 0 Å². The Labute approximate surface area is 126 Å². The fraction of sp³-hybridized carbons (Fsp3) is 0.333. The molecule has 0 radical (unpaired) electrons. The first-order valence-corrected chi connectivity index (χ1v) is 7.82. The van der Waals surface area contributed by atoms with Gasteiger partial charge in [0, 0.05) is 11.9 Å². The molecule has 1 aromatic carbocycles. The maximum atomic E-state index is 12.8. The molecule has 110 valence electrons. The van der Waals surface area contributed by atoms with Crippen LogP contribution in [0.2, 0.25) is 0 Å². The maximum Gasteiger partial charge on any atom is 0.271 e. The lowest BCUT2D eigenvalue weighted by Gasteiger charge is -2.05. The highest BCUT2D eigenvalue weighted by atomic mass is 32.1. The molecule has 1 atom stereocenters. The first-order chi connectivity index (χ1) is 10.2. The first-order valence-electron chi connectivity index (χ1n) is 6.94. The number of carbonyl (C=O) groups excluding carboxylic acids is 1. The van der Waals surface area contributed by atoms with Crippen molar-refractivity contribution in [2.75, 3.05) is 6.54 Å². The van der Waals surface area contributed by atoms with Gasteiger partial charge >= 0.3 is 0 Å². The van der Waals surface area contributed by atoms with E-state index in [9.17, 15) is 9.18 Å². The van der Waals surface area contributed by atoms with E-state index in [1.807, 2.05) is 0 Å². The summed E-state index contributed by atoms with van der Waals surface area (Å²) in [6.07, 6.45) is 2.22. The molecule has 2 heterocycles. The number of amides is 1. The van der Waals surface area contributed by atoms with E-state index < -0.39 is 0 Å². The molecule has 1 amide bonds. The summed E-state index contributed by atoms with van der Waals surface area (Å²) >= 11 is 1.51. The molecular formula is C15H16FN3OS. The Morgan fingerprint density at radius 3 is 2.95 bits per heavy atom. The molecule has 0 spiro atoms. The number of aromatic nitrogens is 1. The standard InChI is InChI=1S/C15H16FN3OS/c16-11-5-3-10(4-6-11)8-18-14(20)13-9-21-15(19-13)12-2-1-7-17-12/h3-6,9,12,17H,1-2,7-8H2,(H,18,20). The third-order valence-corrected chi connectivity index (χ3v) is 4.44. The van der Waals surface area contributed by atoms with E-state index in [0.29, 0.717) is 12.2 Å². The van der Waals surface area contributed by atoms with Crippen LogP contribution in [0.5, 0.6) is 0 Å². The molecule has 4 nitrogen and oxygen atoms in total. The summed E-state index contributed by atoms with van der Waals surface area (Å²) in [7, 11) is 0. The fourth-order valence-electron chi connectivity index (χ4n) is 2.32. The molecule has 1 aliphatic rings. The van der Waals surface area contributed by atoms with Gasteiger partial charge in [0.25, 0.3) is 5.91 Å². The second kappa shape index (κ2) is 6.32. The Hall–Kier alpha value is -1.79. The van der Waals surface area contributed by atoms with Gasteiger partial charge in [-0.3, -0.25) is 4.79 Å². The number of hydrogen-bond donors (Lipinski definition) is 2. The maximum absolute atomic E-state index is 12.8. The summed E-state index contributed by atoms with van der Waals surface area (Å²) in [5.74, 6) is -0.474. The molecule has 2 aromatic rings. The Kier molecular flexibility index (Phi) is 4.26. The van der Waals surface area contributed by atoms with Gasteiger partial charge in [-0.05, 0) is 37.1 Å². The smallest absolute Gasteiger partial charge is 0.271 e. The van der Waals surface area contributed by atoms with Gasteiger partial charge in [-0.15, -0.1) is 11.3 Å². The second-order valence-corrected chi connectivity index (χ2v) is 5.92. The van der Waals surface area contributed by atoms with Crippen molar-refractivity contribution in [3.8, 4) is 0 Å². The van der Waals surface area contributed by atoms with Crippen molar-refractivity contribution in [2.45, 2.75) is 25.4 Å². The van der Waals surface area contributed by atoms with Crippen LogP contribution in [-0.4, -0.2) is 17.4 Å². The summed E-state index contributed by atoms with van der Waals surface area (Å²) in [5, 5.41) is 8.93. The molecule has 21 heavy (non-hydrogen) atoms. The predicted octanol–water partition coefficient (Wildman–Crippen LogP) is 2.64. The first kappa shape index (κ1) is 14.2. The van der Waals surface area contributed by atoms with Gasteiger partial charge in [0.05, 0.1) is 6.04 Å². The molecule has 0 saturated carbocycles. The van der Waals surface area contributed by atoms with E-state index in [2.05, 4.69) is 15.6 Å². The number of nitrogens with zero attached hydrogens (tertiary/aromatic N) is 1. The quantitative estimate of drug-likeness (QED) is 0.913. The highest BCUT2D eigenvalue weighted by molar-refractivity contribution is 7.09. The van der Waals surface area contributed by atoms with Crippen molar-refractivity contribution in [2.24, 2.45) is 0 Å². The van der Waals surface area contributed by atoms with Gasteiger partial charge < -0.3 is 10.6 Å². The minimum atomic E-state index is -0.279. The third-order valence-electron chi connectivity index (χ3n) is 3.48. The molecule has 0 bridgehead atoms. The van der Waals surface area contributed by atoms with Crippen molar-refractivity contribution in [1.82, 2.24) is 15.6 Å². The normalized spacial score (nSPS) is 17.9. The number of hydrogen-bond acceptors (Lipinski definition) is 4. The minimum Gasteiger partial charge on any atom is -0.347 e.